The van der Waals surface area contributed by atoms with E-state index in [1.807, 2.05) is 51.1 Å². The van der Waals surface area contributed by atoms with Crippen LogP contribution in [0.4, 0.5) is 11.5 Å². The van der Waals surface area contributed by atoms with Crippen LogP contribution in [0.25, 0.3) is 11.8 Å². The number of nitrogens with zero attached hydrogens (tertiary/aromatic N) is 4. The zero-order valence-electron chi connectivity index (χ0n) is 22.7. The van der Waals surface area contributed by atoms with Crippen molar-refractivity contribution in [3.63, 3.8) is 0 Å². The number of amides is 2. The van der Waals surface area contributed by atoms with Crippen LogP contribution in [-0.4, -0.2) is 65.3 Å². The lowest BCUT2D eigenvalue weighted by atomic mass is 9.92. The highest BCUT2D eigenvalue weighted by Crippen LogP contribution is 2.27. The van der Waals surface area contributed by atoms with Crippen LogP contribution in [0.3, 0.4) is 0 Å². The number of nitro benzene ring substituents is 1. The number of hydrogen-bond donors (Lipinski definition) is 1. The van der Waals surface area contributed by atoms with E-state index in [1.165, 1.54) is 36.3 Å². The second kappa shape index (κ2) is 12.8. The van der Waals surface area contributed by atoms with Crippen LogP contribution in [0, 0.1) is 10.1 Å². The summed E-state index contributed by atoms with van der Waals surface area (Å²) >= 11 is 0. The summed E-state index contributed by atoms with van der Waals surface area (Å²) in [4.78, 5) is 37.8. The molecule has 0 fully saturated rings. The monoisotopic (exact) mass is 535 g/mol. The van der Waals surface area contributed by atoms with Gasteiger partial charge in [-0.05, 0) is 48.0 Å². The Labute approximate surface area is 227 Å². The van der Waals surface area contributed by atoms with Gasteiger partial charge in [-0.3, -0.25) is 19.7 Å². The van der Waals surface area contributed by atoms with Crippen LogP contribution < -0.4 is 10.1 Å². The average molecular weight is 536 g/mol. The van der Waals surface area contributed by atoms with Gasteiger partial charge >= 0.3 is 0 Å². The Balaban J connectivity index is 1.78. The third-order valence-electron chi connectivity index (χ3n) is 5.80. The summed E-state index contributed by atoms with van der Waals surface area (Å²) in [5.41, 5.74) is 1.83. The number of nitro groups is 1. The Morgan fingerprint density at radius 1 is 1.10 bits per heavy atom. The predicted octanol–water partition coefficient (Wildman–Crippen LogP) is 4.21. The molecule has 2 aromatic carbocycles. The van der Waals surface area contributed by atoms with Crippen molar-refractivity contribution in [1.82, 2.24) is 14.7 Å². The number of aromatic nitrogens is 2. The fourth-order valence-electron chi connectivity index (χ4n) is 3.56. The molecule has 0 spiro atoms. The highest BCUT2D eigenvalue weighted by atomic mass is 16.6. The lowest BCUT2D eigenvalue weighted by Gasteiger charge is -2.20. The van der Waals surface area contributed by atoms with Gasteiger partial charge in [-0.15, -0.1) is 0 Å². The Kier molecular flexibility index (Phi) is 9.56. The topological polar surface area (TPSA) is 129 Å². The van der Waals surface area contributed by atoms with E-state index in [2.05, 4.69) is 5.32 Å². The van der Waals surface area contributed by atoms with Crippen LogP contribution in [0.15, 0.2) is 60.7 Å². The highest BCUT2D eigenvalue weighted by molar-refractivity contribution is 5.98. The minimum absolute atomic E-state index is 0.0413. The maximum absolute atomic E-state index is 13.1. The minimum atomic E-state index is -0.491. The van der Waals surface area contributed by atoms with Gasteiger partial charge in [0.25, 0.3) is 5.69 Å². The molecular formula is C28H33N5O6. The molecule has 0 aliphatic carbocycles. The third-order valence-corrected chi connectivity index (χ3v) is 5.80. The highest BCUT2D eigenvalue weighted by Gasteiger charge is 2.23. The first-order chi connectivity index (χ1) is 18.5. The lowest BCUT2D eigenvalue weighted by Crippen LogP contribution is -2.39. The van der Waals surface area contributed by atoms with Crippen LogP contribution in [-0.2, 0) is 19.7 Å². The molecule has 1 aromatic heterocycles. The smallest absolute Gasteiger partial charge is 0.269 e. The predicted molar refractivity (Wildman–Crippen MR) is 148 cm³/mol. The van der Waals surface area contributed by atoms with Gasteiger partial charge in [0.05, 0.1) is 30.0 Å². The van der Waals surface area contributed by atoms with Crippen molar-refractivity contribution >= 4 is 29.4 Å². The van der Waals surface area contributed by atoms with Crippen molar-refractivity contribution in [3.8, 4) is 11.4 Å². The molecule has 1 heterocycles. The first-order valence-corrected chi connectivity index (χ1v) is 12.3. The summed E-state index contributed by atoms with van der Waals surface area (Å²) in [6.07, 6.45) is 2.86. The van der Waals surface area contributed by atoms with Crippen molar-refractivity contribution in [2.24, 2.45) is 0 Å². The van der Waals surface area contributed by atoms with Crippen molar-refractivity contribution < 1.29 is 24.0 Å². The molecule has 0 aliphatic heterocycles. The van der Waals surface area contributed by atoms with E-state index >= 15 is 0 Å². The summed E-state index contributed by atoms with van der Waals surface area (Å²) in [5, 5.41) is 18.4. The molecule has 0 radical (unpaired) electrons. The van der Waals surface area contributed by atoms with Crippen molar-refractivity contribution in [3.05, 3.63) is 82.0 Å². The quantitative estimate of drug-likeness (QED) is 0.221. The molecule has 11 nitrogen and oxygen atoms in total. The molecule has 3 rings (SSSR count). The fourth-order valence-corrected chi connectivity index (χ4v) is 3.56. The van der Waals surface area contributed by atoms with E-state index in [1.54, 1.807) is 23.9 Å². The number of rotatable bonds is 11. The van der Waals surface area contributed by atoms with E-state index in [-0.39, 0.29) is 30.8 Å². The van der Waals surface area contributed by atoms with Crippen LogP contribution >= 0.6 is 0 Å². The SMILES string of the molecule is COCCN(CC(=O)Nc1cc(C(C)(C)C)nn1-c1ccc(OC)cc1)C(=O)/C=C/c1ccc([N+](=O)[O-])cc1. The second-order valence-electron chi connectivity index (χ2n) is 9.76. The summed E-state index contributed by atoms with van der Waals surface area (Å²) in [7, 11) is 3.10. The van der Waals surface area contributed by atoms with Gasteiger partial charge in [0.2, 0.25) is 11.8 Å². The number of benzene rings is 2. The molecule has 0 atom stereocenters. The van der Waals surface area contributed by atoms with Crippen LogP contribution in [0.5, 0.6) is 5.75 Å². The molecule has 206 valence electrons. The van der Waals surface area contributed by atoms with Crippen LogP contribution in [0.2, 0.25) is 0 Å². The normalized spacial score (nSPS) is 11.4. The van der Waals surface area contributed by atoms with Gasteiger partial charge in [0.1, 0.15) is 18.1 Å². The van der Waals surface area contributed by atoms with Gasteiger partial charge in [-0.25, -0.2) is 4.68 Å². The van der Waals surface area contributed by atoms with E-state index in [4.69, 9.17) is 14.6 Å². The first-order valence-electron chi connectivity index (χ1n) is 12.3. The van der Waals surface area contributed by atoms with E-state index in [9.17, 15) is 19.7 Å². The lowest BCUT2D eigenvalue weighted by molar-refractivity contribution is -0.384. The van der Waals surface area contributed by atoms with Gasteiger partial charge in [-0.1, -0.05) is 20.8 Å². The zero-order valence-corrected chi connectivity index (χ0v) is 22.7. The molecule has 1 N–H and O–H groups in total. The molecule has 0 bridgehead atoms. The van der Waals surface area contributed by atoms with Crippen molar-refractivity contribution in [1.29, 1.82) is 0 Å². The molecule has 0 saturated heterocycles. The first kappa shape index (κ1) is 29.1. The van der Waals surface area contributed by atoms with E-state index in [0.717, 1.165) is 11.4 Å². The van der Waals surface area contributed by atoms with E-state index in [0.29, 0.717) is 17.1 Å². The molecule has 11 heteroatoms. The molecule has 2 amide bonds. The Bertz CT molecular complexity index is 1320. The molecule has 0 unspecified atom stereocenters. The molecule has 3 aromatic rings. The van der Waals surface area contributed by atoms with Crippen molar-refractivity contribution in [2.75, 3.05) is 39.2 Å². The standard InChI is InChI=1S/C28H33N5O6/c1-28(2,3)24-18-25(32(30-24)21-11-13-23(39-5)14-12-21)29-26(34)19-31(16-17-38-4)27(35)15-8-20-6-9-22(10-7-20)33(36)37/h6-15,18H,16-17,19H2,1-5H3,(H,29,34)/b15-8+. The molecule has 39 heavy (non-hydrogen) atoms. The summed E-state index contributed by atoms with van der Waals surface area (Å²) in [6, 6.07) is 14.9. The summed E-state index contributed by atoms with van der Waals surface area (Å²) < 4.78 is 12.0. The number of non-ortho nitro benzene ring substituents is 1. The maximum atomic E-state index is 13.1. The average Bonchev–Trinajstić information content (AvgIpc) is 3.34. The number of carbonyl (C=O) groups excluding carboxylic acids is 2. The minimum Gasteiger partial charge on any atom is -0.497 e. The zero-order chi connectivity index (χ0) is 28.6. The van der Waals surface area contributed by atoms with Gasteiger partial charge in [-0.2, -0.15) is 5.10 Å². The number of nitrogens with one attached hydrogen (secondary N) is 1. The Morgan fingerprint density at radius 2 is 1.77 bits per heavy atom. The fraction of sp³-hybridized carbons (Fsp3) is 0.321. The number of anilines is 1. The van der Waals surface area contributed by atoms with Crippen LogP contribution in [0.1, 0.15) is 32.0 Å². The van der Waals surface area contributed by atoms with Gasteiger partial charge in [0.15, 0.2) is 0 Å². The number of methoxy groups -OCH3 is 2. The third kappa shape index (κ3) is 7.99. The number of ether oxygens (including phenoxy) is 2. The summed E-state index contributed by atoms with van der Waals surface area (Å²) in [5.74, 6) is 0.357. The molecule has 0 saturated carbocycles. The Morgan fingerprint density at radius 3 is 2.33 bits per heavy atom. The van der Waals surface area contributed by atoms with Crippen molar-refractivity contribution in [2.45, 2.75) is 26.2 Å². The van der Waals surface area contributed by atoms with Gasteiger partial charge < -0.3 is 19.7 Å². The van der Waals surface area contributed by atoms with E-state index < -0.39 is 16.7 Å². The molecule has 0 aliphatic rings. The Hall–Kier alpha value is -4.51. The summed E-state index contributed by atoms with van der Waals surface area (Å²) in [6.45, 7) is 6.30. The molecular weight excluding hydrogens is 502 g/mol. The van der Waals surface area contributed by atoms with Gasteiger partial charge in [0, 0.05) is 43.3 Å². The second-order valence-corrected chi connectivity index (χ2v) is 9.76. The number of carbonyl (C=O) groups is 2. The largest absolute Gasteiger partial charge is 0.497 e. The number of hydrogen-bond acceptors (Lipinski definition) is 7. The maximum Gasteiger partial charge on any atom is 0.269 e.